The zero-order valence-corrected chi connectivity index (χ0v) is 11.8. The highest BCUT2D eigenvalue weighted by atomic mass is 79.9. The Morgan fingerprint density at radius 2 is 2.12 bits per heavy atom. The smallest absolute Gasteiger partial charge is 0.119 e. The number of benzene rings is 1. The Labute approximate surface area is 106 Å². The Morgan fingerprint density at radius 3 is 2.62 bits per heavy atom. The Bertz CT molecular complexity index is 384. The van der Waals surface area contributed by atoms with Crippen LogP contribution in [0.3, 0.4) is 0 Å². The summed E-state index contributed by atoms with van der Waals surface area (Å²) in [6.07, 6.45) is 2.19. The highest BCUT2D eigenvalue weighted by Crippen LogP contribution is 2.28. The first kappa shape index (κ1) is 13.3. The van der Waals surface area contributed by atoms with Gasteiger partial charge < -0.3 is 10.1 Å². The second-order valence-electron chi connectivity index (χ2n) is 3.90. The fraction of sp³-hybridized carbons (Fsp3) is 0.385. The van der Waals surface area contributed by atoms with E-state index >= 15 is 0 Å². The van der Waals surface area contributed by atoms with Crippen molar-refractivity contribution in [2.45, 2.75) is 19.9 Å². The summed E-state index contributed by atoms with van der Waals surface area (Å²) < 4.78 is 6.33. The van der Waals surface area contributed by atoms with Crippen molar-refractivity contribution in [1.29, 1.82) is 0 Å². The van der Waals surface area contributed by atoms with E-state index in [2.05, 4.69) is 41.2 Å². The van der Waals surface area contributed by atoms with Gasteiger partial charge in [-0.2, -0.15) is 0 Å². The van der Waals surface area contributed by atoms with E-state index in [4.69, 9.17) is 4.74 Å². The van der Waals surface area contributed by atoms with Gasteiger partial charge in [-0.15, -0.1) is 0 Å². The van der Waals surface area contributed by atoms with Crippen LogP contribution in [0.25, 0.3) is 0 Å². The van der Waals surface area contributed by atoms with Crippen LogP contribution in [0.15, 0.2) is 34.3 Å². The molecule has 16 heavy (non-hydrogen) atoms. The number of hydrogen-bond acceptors (Lipinski definition) is 2. The first-order valence-electron chi connectivity index (χ1n) is 5.24. The predicted molar refractivity (Wildman–Crippen MR) is 71.9 cm³/mol. The summed E-state index contributed by atoms with van der Waals surface area (Å²) in [5, 5.41) is 3.28. The SMILES string of the molecule is CNC(C=C(C)C)c1cc(OC)ccc1Br. The minimum absolute atomic E-state index is 0.203. The summed E-state index contributed by atoms with van der Waals surface area (Å²) >= 11 is 3.57. The van der Waals surface area contributed by atoms with E-state index < -0.39 is 0 Å². The van der Waals surface area contributed by atoms with Crippen LogP contribution in [-0.4, -0.2) is 14.2 Å². The molecule has 1 aromatic rings. The van der Waals surface area contributed by atoms with E-state index in [-0.39, 0.29) is 6.04 Å². The third-order valence-corrected chi connectivity index (χ3v) is 3.07. The third kappa shape index (κ3) is 3.35. The zero-order valence-electron chi connectivity index (χ0n) is 10.2. The molecule has 1 unspecified atom stereocenters. The molecule has 1 aromatic carbocycles. The molecule has 0 spiro atoms. The minimum atomic E-state index is 0.203. The first-order valence-corrected chi connectivity index (χ1v) is 6.03. The molecule has 88 valence electrons. The molecule has 1 N–H and O–H groups in total. The number of nitrogens with one attached hydrogen (secondary N) is 1. The average Bonchev–Trinajstić information content (AvgIpc) is 2.26. The summed E-state index contributed by atoms with van der Waals surface area (Å²) in [7, 11) is 3.64. The van der Waals surface area contributed by atoms with Gasteiger partial charge in [-0.25, -0.2) is 0 Å². The molecule has 0 saturated carbocycles. The number of ether oxygens (including phenoxy) is 1. The molecule has 0 heterocycles. The monoisotopic (exact) mass is 283 g/mol. The summed E-state index contributed by atoms with van der Waals surface area (Å²) in [6, 6.07) is 6.21. The van der Waals surface area contributed by atoms with Crippen LogP contribution in [0.2, 0.25) is 0 Å². The molecular weight excluding hydrogens is 266 g/mol. The van der Waals surface area contributed by atoms with Gasteiger partial charge in [0.2, 0.25) is 0 Å². The lowest BCUT2D eigenvalue weighted by Crippen LogP contribution is -2.14. The second-order valence-corrected chi connectivity index (χ2v) is 4.75. The topological polar surface area (TPSA) is 21.3 Å². The largest absolute Gasteiger partial charge is 0.497 e. The van der Waals surface area contributed by atoms with Crippen LogP contribution in [0.5, 0.6) is 5.75 Å². The van der Waals surface area contributed by atoms with Gasteiger partial charge in [-0.1, -0.05) is 27.6 Å². The maximum atomic E-state index is 5.24. The van der Waals surface area contributed by atoms with Crippen LogP contribution in [0, 0.1) is 0 Å². The fourth-order valence-electron chi connectivity index (χ4n) is 1.55. The van der Waals surface area contributed by atoms with E-state index in [1.165, 1.54) is 11.1 Å². The minimum Gasteiger partial charge on any atom is -0.497 e. The van der Waals surface area contributed by atoms with Crippen LogP contribution in [0.4, 0.5) is 0 Å². The van der Waals surface area contributed by atoms with E-state index in [9.17, 15) is 0 Å². The van der Waals surface area contributed by atoms with Gasteiger partial charge in [0.15, 0.2) is 0 Å². The molecule has 0 saturated heterocycles. The summed E-state index contributed by atoms with van der Waals surface area (Å²) in [5.74, 6) is 0.876. The Kier molecular flexibility index (Phi) is 5.03. The Balaban J connectivity index is 3.13. The summed E-state index contributed by atoms with van der Waals surface area (Å²) in [5.41, 5.74) is 2.47. The van der Waals surface area contributed by atoms with Gasteiger partial charge in [0.25, 0.3) is 0 Å². The highest BCUT2D eigenvalue weighted by Gasteiger charge is 2.10. The molecule has 1 rings (SSSR count). The van der Waals surface area contributed by atoms with Gasteiger partial charge in [-0.3, -0.25) is 0 Å². The van der Waals surface area contributed by atoms with Crippen molar-refractivity contribution in [3.05, 3.63) is 39.9 Å². The molecule has 0 aliphatic heterocycles. The third-order valence-electron chi connectivity index (χ3n) is 2.35. The second kappa shape index (κ2) is 6.06. The molecule has 3 heteroatoms. The number of hydrogen-bond donors (Lipinski definition) is 1. The molecule has 1 atom stereocenters. The van der Waals surface area contributed by atoms with Crippen molar-refractivity contribution >= 4 is 15.9 Å². The van der Waals surface area contributed by atoms with E-state index in [0.717, 1.165) is 10.2 Å². The normalized spacial score (nSPS) is 12.1. The first-order chi connectivity index (χ1) is 7.58. The lowest BCUT2D eigenvalue weighted by atomic mass is 10.0. The summed E-state index contributed by atoms with van der Waals surface area (Å²) in [6.45, 7) is 4.19. The average molecular weight is 284 g/mol. The van der Waals surface area contributed by atoms with E-state index in [0.29, 0.717) is 0 Å². The fourth-order valence-corrected chi connectivity index (χ4v) is 2.04. The molecule has 0 fully saturated rings. The standard InChI is InChI=1S/C13H18BrNO/c1-9(2)7-13(15-3)11-8-10(16-4)5-6-12(11)14/h5-8,13,15H,1-4H3. The van der Waals surface area contributed by atoms with Gasteiger partial charge in [0.1, 0.15) is 5.75 Å². The molecular formula is C13H18BrNO. The van der Waals surface area contributed by atoms with Crippen molar-refractivity contribution in [2.75, 3.05) is 14.2 Å². The molecule has 0 aromatic heterocycles. The van der Waals surface area contributed by atoms with E-state index in [1.54, 1.807) is 7.11 Å². The van der Waals surface area contributed by atoms with Crippen molar-refractivity contribution < 1.29 is 4.74 Å². The predicted octanol–water partition coefficient (Wildman–Crippen LogP) is 3.68. The van der Waals surface area contributed by atoms with Crippen molar-refractivity contribution in [1.82, 2.24) is 5.32 Å². The van der Waals surface area contributed by atoms with Gasteiger partial charge in [0, 0.05) is 4.47 Å². The lowest BCUT2D eigenvalue weighted by molar-refractivity contribution is 0.413. The van der Waals surface area contributed by atoms with Crippen LogP contribution in [-0.2, 0) is 0 Å². The maximum absolute atomic E-state index is 5.24. The van der Waals surface area contributed by atoms with Crippen LogP contribution >= 0.6 is 15.9 Å². The van der Waals surface area contributed by atoms with Gasteiger partial charge >= 0.3 is 0 Å². The molecule has 0 aliphatic rings. The maximum Gasteiger partial charge on any atom is 0.119 e. The van der Waals surface area contributed by atoms with Crippen LogP contribution in [0.1, 0.15) is 25.5 Å². The van der Waals surface area contributed by atoms with Crippen molar-refractivity contribution in [3.8, 4) is 5.75 Å². The molecule has 0 radical (unpaired) electrons. The van der Waals surface area contributed by atoms with Crippen molar-refractivity contribution in [3.63, 3.8) is 0 Å². The molecule has 2 nitrogen and oxygen atoms in total. The lowest BCUT2D eigenvalue weighted by Gasteiger charge is -2.16. The molecule has 0 amide bonds. The number of halogens is 1. The highest BCUT2D eigenvalue weighted by molar-refractivity contribution is 9.10. The molecule has 0 aliphatic carbocycles. The Hall–Kier alpha value is -0.800. The molecule has 0 bridgehead atoms. The number of rotatable bonds is 4. The van der Waals surface area contributed by atoms with Gasteiger partial charge in [-0.05, 0) is 44.7 Å². The van der Waals surface area contributed by atoms with Crippen molar-refractivity contribution in [2.24, 2.45) is 0 Å². The number of allylic oxidation sites excluding steroid dienone is 1. The number of methoxy groups -OCH3 is 1. The number of likely N-dealkylation sites (N-methyl/N-ethyl adjacent to an activating group) is 1. The quantitative estimate of drug-likeness (QED) is 0.851. The van der Waals surface area contributed by atoms with E-state index in [1.807, 2.05) is 25.2 Å². The van der Waals surface area contributed by atoms with Crippen LogP contribution < -0.4 is 10.1 Å². The Morgan fingerprint density at radius 1 is 1.44 bits per heavy atom. The zero-order chi connectivity index (χ0) is 12.1. The summed E-state index contributed by atoms with van der Waals surface area (Å²) in [4.78, 5) is 0. The van der Waals surface area contributed by atoms with Gasteiger partial charge in [0.05, 0.1) is 13.2 Å².